The number of rotatable bonds is 4. The minimum Gasteiger partial charge on any atom is -0.311 e. The van der Waals surface area contributed by atoms with Crippen LogP contribution in [0.1, 0.15) is 24.8 Å². The van der Waals surface area contributed by atoms with Crippen LogP contribution in [-0.2, 0) is 6.42 Å². The zero-order valence-electron chi connectivity index (χ0n) is 12.9. The second-order valence-electron chi connectivity index (χ2n) is 7.00. The molecular formula is C18H27N3. The Morgan fingerprint density at radius 1 is 0.905 bits per heavy atom. The second-order valence-corrected chi connectivity index (χ2v) is 7.00. The van der Waals surface area contributed by atoms with Crippen molar-refractivity contribution < 1.29 is 0 Å². The Balaban J connectivity index is 1.32. The molecule has 2 heterocycles. The van der Waals surface area contributed by atoms with Crippen LogP contribution >= 0.6 is 0 Å². The second kappa shape index (κ2) is 6.07. The van der Waals surface area contributed by atoms with Gasteiger partial charge in [-0.05, 0) is 31.2 Å². The maximum Gasteiger partial charge on any atom is 0.0236 e. The highest BCUT2D eigenvalue weighted by Crippen LogP contribution is 2.31. The van der Waals surface area contributed by atoms with E-state index in [0.717, 1.165) is 25.0 Å². The quantitative estimate of drug-likeness (QED) is 0.909. The Morgan fingerprint density at radius 3 is 2.52 bits per heavy atom. The molecule has 0 amide bonds. The molecule has 1 N–H and O–H groups in total. The topological polar surface area (TPSA) is 18.5 Å². The van der Waals surface area contributed by atoms with E-state index in [4.69, 9.17) is 0 Å². The lowest BCUT2D eigenvalue weighted by atomic mass is 10.0. The summed E-state index contributed by atoms with van der Waals surface area (Å²) in [6, 6.07) is 13.3. The first-order valence-corrected chi connectivity index (χ1v) is 8.64. The minimum absolute atomic E-state index is 0.621. The van der Waals surface area contributed by atoms with Crippen molar-refractivity contribution in [3.05, 3.63) is 35.9 Å². The molecule has 0 spiro atoms. The molecule has 114 valence electrons. The molecule has 3 heteroatoms. The number of hydrogen-bond acceptors (Lipinski definition) is 3. The first-order valence-electron chi connectivity index (χ1n) is 8.64. The average molecular weight is 285 g/mol. The fraction of sp³-hybridized carbons (Fsp3) is 0.667. The number of hydrogen-bond donors (Lipinski definition) is 1. The van der Waals surface area contributed by atoms with Crippen molar-refractivity contribution in [2.75, 3.05) is 32.7 Å². The van der Waals surface area contributed by atoms with Crippen molar-refractivity contribution >= 4 is 0 Å². The molecule has 0 aromatic heterocycles. The van der Waals surface area contributed by atoms with Gasteiger partial charge < -0.3 is 5.32 Å². The summed E-state index contributed by atoms with van der Waals surface area (Å²) in [6.07, 6.45) is 5.45. The van der Waals surface area contributed by atoms with Gasteiger partial charge in [-0.25, -0.2) is 0 Å². The van der Waals surface area contributed by atoms with Crippen molar-refractivity contribution in [2.45, 2.75) is 43.8 Å². The van der Waals surface area contributed by atoms with E-state index in [2.05, 4.69) is 45.4 Å². The van der Waals surface area contributed by atoms with Crippen LogP contribution in [0.2, 0.25) is 0 Å². The fourth-order valence-corrected chi connectivity index (χ4v) is 4.06. The van der Waals surface area contributed by atoms with E-state index < -0.39 is 0 Å². The van der Waals surface area contributed by atoms with Crippen molar-refractivity contribution in [3.8, 4) is 0 Å². The van der Waals surface area contributed by atoms with Crippen LogP contribution in [-0.4, -0.2) is 60.6 Å². The third-order valence-corrected chi connectivity index (χ3v) is 5.39. The monoisotopic (exact) mass is 285 g/mol. The van der Waals surface area contributed by atoms with Gasteiger partial charge in [-0.3, -0.25) is 9.80 Å². The lowest BCUT2D eigenvalue weighted by Gasteiger charge is -2.37. The van der Waals surface area contributed by atoms with Crippen LogP contribution < -0.4 is 5.32 Å². The molecule has 0 radical (unpaired) electrons. The first-order chi connectivity index (χ1) is 10.4. The molecule has 2 atom stereocenters. The van der Waals surface area contributed by atoms with Gasteiger partial charge in [0.05, 0.1) is 0 Å². The smallest absolute Gasteiger partial charge is 0.0236 e. The lowest BCUT2D eigenvalue weighted by Crippen LogP contribution is -2.55. The number of nitrogens with one attached hydrogen (secondary N) is 1. The van der Waals surface area contributed by atoms with E-state index >= 15 is 0 Å². The lowest BCUT2D eigenvalue weighted by molar-refractivity contribution is 0.142. The summed E-state index contributed by atoms with van der Waals surface area (Å²) in [4.78, 5) is 5.49. The van der Waals surface area contributed by atoms with Crippen LogP contribution in [0.4, 0.5) is 0 Å². The van der Waals surface area contributed by atoms with E-state index in [1.54, 1.807) is 0 Å². The first kappa shape index (κ1) is 13.7. The van der Waals surface area contributed by atoms with E-state index in [0.29, 0.717) is 6.04 Å². The van der Waals surface area contributed by atoms with Gasteiger partial charge in [0.25, 0.3) is 0 Å². The number of likely N-dealkylation sites (tertiary alicyclic amines) is 1. The molecule has 21 heavy (non-hydrogen) atoms. The molecule has 1 saturated carbocycles. The van der Waals surface area contributed by atoms with Crippen LogP contribution in [0.3, 0.4) is 0 Å². The standard InChI is InChI=1S/C18H27N3/c1-2-4-15(5-3-1)12-16-13-21(11-9-19-16)18-8-10-20(14-18)17-6-7-17/h1-5,16-19H,6-14H2. The number of piperazine rings is 1. The number of nitrogens with zero attached hydrogens (tertiary/aromatic N) is 2. The molecule has 1 aliphatic carbocycles. The maximum absolute atomic E-state index is 3.71. The van der Waals surface area contributed by atoms with E-state index in [-0.39, 0.29) is 0 Å². The van der Waals surface area contributed by atoms with Gasteiger partial charge in [0.1, 0.15) is 0 Å². The van der Waals surface area contributed by atoms with Gasteiger partial charge in [0.15, 0.2) is 0 Å². The van der Waals surface area contributed by atoms with Gasteiger partial charge >= 0.3 is 0 Å². The van der Waals surface area contributed by atoms with Crippen LogP contribution in [0.15, 0.2) is 30.3 Å². The fourth-order valence-electron chi connectivity index (χ4n) is 4.06. The van der Waals surface area contributed by atoms with Gasteiger partial charge in [-0.2, -0.15) is 0 Å². The number of benzene rings is 1. The summed E-state index contributed by atoms with van der Waals surface area (Å²) in [5.74, 6) is 0. The Morgan fingerprint density at radius 2 is 1.71 bits per heavy atom. The molecule has 3 nitrogen and oxygen atoms in total. The van der Waals surface area contributed by atoms with Gasteiger partial charge in [-0.1, -0.05) is 30.3 Å². The third-order valence-electron chi connectivity index (χ3n) is 5.39. The third kappa shape index (κ3) is 3.31. The minimum atomic E-state index is 0.621. The highest BCUT2D eigenvalue weighted by molar-refractivity contribution is 5.16. The summed E-state index contributed by atoms with van der Waals surface area (Å²) in [5.41, 5.74) is 1.46. The van der Waals surface area contributed by atoms with Gasteiger partial charge in [0.2, 0.25) is 0 Å². The largest absolute Gasteiger partial charge is 0.311 e. The van der Waals surface area contributed by atoms with Crippen LogP contribution in [0.25, 0.3) is 0 Å². The van der Waals surface area contributed by atoms with E-state index in [9.17, 15) is 0 Å². The summed E-state index contributed by atoms with van der Waals surface area (Å²) in [6.45, 7) is 6.26. The molecule has 3 fully saturated rings. The molecule has 0 bridgehead atoms. The maximum atomic E-state index is 3.71. The van der Waals surface area contributed by atoms with E-state index in [1.165, 1.54) is 51.0 Å². The van der Waals surface area contributed by atoms with Crippen LogP contribution in [0.5, 0.6) is 0 Å². The zero-order chi connectivity index (χ0) is 14.1. The molecule has 4 rings (SSSR count). The van der Waals surface area contributed by atoms with E-state index in [1.807, 2.05) is 0 Å². The highest BCUT2D eigenvalue weighted by Gasteiger charge is 2.37. The Kier molecular flexibility index (Phi) is 3.97. The highest BCUT2D eigenvalue weighted by atomic mass is 15.3. The Hall–Kier alpha value is -0.900. The summed E-state index contributed by atoms with van der Waals surface area (Å²) >= 11 is 0. The molecule has 2 saturated heterocycles. The molecule has 1 aromatic carbocycles. The summed E-state index contributed by atoms with van der Waals surface area (Å²) < 4.78 is 0. The van der Waals surface area contributed by atoms with Crippen LogP contribution in [0, 0.1) is 0 Å². The van der Waals surface area contributed by atoms with Gasteiger partial charge in [0, 0.05) is 50.8 Å². The predicted molar refractivity (Wildman–Crippen MR) is 86.5 cm³/mol. The molecule has 2 aliphatic heterocycles. The van der Waals surface area contributed by atoms with Crippen molar-refractivity contribution in [1.82, 2.24) is 15.1 Å². The molecule has 2 unspecified atom stereocenters. The average Bonchev–Trinajstić information content (AvgIpc) is 3.26. The predicted octanol–water partition coefficient (Wildman–Crippen LogP) is 1.74. The SMILES string of the molecule is c1ccc(CC2CN(C3CCN(C4CC4)C3)CCN2)cc1. The zero-order valence-corrected chi connectivity index (χ0v) is 12.9. The summed E-state index contributed by atoms with van der Waals surface area (Å²) in [7, 11) is 0. The molecule has 1 aromatic rings. The molecular weight excluding hydrogens is 258 g/mol. The molecule has 3 aliphatic rings. The van der Waals surface area contributed by atoms with Crippen molar-refractivity contribution in [2.24, 2.45) is 0 Å². The van der Waals surface area contributed by atoms with Gasteiger partial charge in [-0.15, -0.1) is 0 Å². The Labute approximate surface area is 128 Å². The normalized spacial score (nSPS) is 31.6. The van der Waals surface area contributed by atoms with Crippen molar-refractivity contribution in [3.63, 3.8) is 0 Å². The summed E-state index contributed by atoms with van der Waals surface area (Å²) in [5, 5.41) is 3.71. The van der Waals surface area contributed by atoms with Crippen molar-refractivity contribution in [1.29, 1.82) is 0 Å². The Bertz CT molecular complexity index is 457.